The van der Waals surface area contributed by atoms with Gasteiger partial charge in [0.2, 0.25) is 5.91 Å². The Balaban J connectivity index is 1.88. The minimum absolute atomic E-state index is 0.00578. The van der Waals surface area contributed by atoms with E-state index in [4.69, 9.17) is 0 Å². The van der Waals surface area contributed by atoms with Gasteiger partial charge in [0.15, 0.2) is 0 Å². The fourth-order valence-corrected chi connectivity index (χ4v) is 3.65. The van der Waals surface area contributed by atoms with Gasteiger partial charge in [-0.15, -0.1) is 11.8 Å². The Bertz CT molecular complexity index is 846. The van der Waals surface area contributed by atoms with E-state index >= 15 is 0 Å². The SMILES string of the molecule is Cc1ccc(C)c(NC(=O)[C@H](Sc2ccccc2)c2ccccc2)c1. The molecule has 0 radical (unpaired) electrons. The Labute approximate surface area is 153 Å². The lowest BCUT2D eigenvalue weighted by atomic mass is 10.1. The summed E-state index contributed by atoms with van der Waals surface area (Å²) in [4.78, 5) is 14.1. The van der Waals surface area contributed by atoms with Crippen molar-refractivity contribution in [1.82, 2.24) is 0 Å². The summed E-state index contributed by atoms with van der Waals surface area (Å²) in [6, 6.07) is 26.1. The van der Waals surface area contributed by atoms with Gasteiger partial charge in [0, 0.05) is 10.6 Å². The molecule has 0 heterocycles. The topological polar surface area (TPSA) is 29.1 Å². The zero-order valence-electron chi connectivity index (χ0n) is 14.4. The molecule has 3 aromatic rings. The number of anilines is 1. The molecule has 0 aliphatic rings. The summed E-state index contributed by atoms with van der Waals surface area (Å²) in [5, 5.41) is 2.81. The van der Waals surface area contributed by atoms with Crippen LogP contribution in [0, 0.1) is 13.8 Å². The van der Waals surface area contributed by atoms with Gasteiger partial charge in [0.25, 0.3) is 0 Å². The van der Waals surface area contributed by atoms with Crippen molar-refractivity contribution in [2.24, 2.45) is 0 Å². The molecule has 0 fully saturated rings. The predicted molar refractivity (Wildman–Crippen MR) is 106 cm³/mol. The highest BCUT2D eigenvalue weighted by Crippen LogP contribution is 2.36. The molecule has 0 aliphatic carbocycles. The number of thioether (sulfide) groups is 1. The highest BCUT2D eigenvalue weighted by atomic mass is 32.2. The number of rotatable bonds is 5. The van der Waals surface area contributed by atoms with Gasteiger partial charge < -0.3 is 5.32 Å². The summed E-state index contributed by atoms with van der Waals surface area (Å²) in [5.41, 5.74) is 4.07. The summed E-state index contributed by atoms with van der Waals surface area (Å²) >= 11 is 1.57. The number of amides is 1. The molecule has 2 nitrogen and oxygen atoms in total. The molecule has 1 amide bonds. The van der Waals surface area contributed by atoms with Crippen LogP contribution in [0.3, 0.4) is 0 Å². The van der Waals surface area contributed by atoms with Gasteiger partial charge in [-0.05, 0) is 48.7 Å². The van der Waals surface area contributed by atoms with Gasteiger partial charge >= 0.3 is 0 Å². The second kappa shape index (κ2) is 8.04. The van der Waals surface area contributed by atoms with Crippen molar-refractivity contribution >= 4 is 23.4 Å². The third-order valence-corrected chi connectivity index (χ3v) is 5.25. The van der Waals surface area contributed by atoms with Crippen LogP contribution in [0.5, 0.6) is 0 Å². The first-order valence-electron chi connectivity index (χ1n) is 8.28. The van der Waals surface area contributed by atoms with E-state index in [9.17, 15) is 4.79 Å². The molecule has 1 atom stereocenters. The number of benzene rings is 3. The number of hydrogen-bond donors (Lipinski definition) is 1. The molecule has 3 rings (SSSR count). The summed E-state index contributed by atoms with van der Waals surface area (Å²) < 4.78 is 0. The van der Waals surface area contributed by atoms with Crippen LogP contribution in [-0.2, 0) is 4.79 Å². The van der Waals surface area contributed by atoms with Crippen LogP contribution in [0.15, 0.2) is 83.8 Å². The Morgan fingerprint density at radius 3 is 2.20 bits per heavy atom. The molecular formula is C22H21NOS. The van der Waals surface area contributed by atoms with Crippen LogP contribution >= 0.6 is 11.8 Å². The average molecular weight is 347 g/mol. The number of nitrogens with one attached hydrogen (secondary N) is 1. The molecule has 0 aliphatic heterocycles. The van der Waals surface area contributed by atoms with Crippen molar-refractivity contribution in [3.63, 3.8) is 0 Å². The lowest BCUT2D eigenvalue weighted by molar-refractivity contribution is -0.115. The van der Waals surface area contributed by atoms with E-state index in [1.807, 2.05) is 86.6 Å². The molecule has 0 saturated heterocycles. The number of carbonyl (C=O) groups is 1. The van der Waals surface area contributed by atoms with Crippen molar-refractivity contribution < 1.29 is 4.79 Å². The fraction of sp³-hybridized carbons (Fsp3) is 0.136. The van der Waals surface area contributed by atoms with Crippen LogP contribution < -0.4 is 5.32 Å². The maximum atomic E-state index is 13.0. The quantitative estimate of drug-likeness (QED) is 0.593. The van der Waals surface area contributed by atoms with Crippen molar-refractivity contribution in [3.8, 4) is 0 Å². The van der Waals surface area contributed by atoms with E-state index in [0.29, 0.717) is 0 Å². The minimum Gasteiger partial charge on any atom is -0.325 e. The number of aryl methyl sites for hydroxylation is 2. The van der Waals surface area contributed by atoms with Crippen LogP contribution in [0.2, 0.25) is 0 Å². The van der Waals surface area contributed by atoms with Crippen LogP contribution in [-0.4, -0.2) is 5.91 Å². The molecular weight excluding hydrogens is 326 g/mol. The molecule has 25 heavy (non-hydrogen) atoms. The standard InChI is InChI=1S/C22H21NOS/c1-16-13-14-17(2)20(15-16)23-22(24)21(18-9-5-3-6-10-18)25-19-11-7-4-8-12-19/h3-15,21H,1-2H3,(H,23,24)/t21-/m1/s1. The smallest absolute Gasteiger partial charge is 0.242 e. The Hall–Kier alpha value is -2.52. The number of hydrogen-bond acceptors (Lipinski definition) is 2. The van der Waals surface area contributed by atoms with E-state index in [2.05, 4.69) is 11.4 Å². The summed E-state index contributed by atoms with van der Waals surface area (Å²) in [7, 11) is 0. The third kappa shape index (κ3) is 4.52. The lowest BCUT2D eigenvalue weighted by Crippen LogP contribution is -2.19. The predicted octanol–water partition coefficient (Wildman–Crippen LogP) is 5.78. The first-order valence-corrected chi connectivity index (χ1v) is 9.16. The normalized spacial score (nSPS) is 11.8. The first kappa shape index (κ1) is 17.3. The van der Waals surface area contributed by atoms with Crippen LogP contribution in [0.1, 0.15) is 21.9 Å². The van der Waals surface area contributed by atoms with E-state index in [0.717, 1.165) is 27.3 Å². The van der Waals surface area contributed by atoms with E-state index < -0.39 is 0 Å². The fourth-order valence-electron chi connectivity index (χ4n) is 2.60. The molecule has 3 aromatic carbocycles. The van der Waals surface area contributed by atoms with Crippen LogP contribution in [0.4, 0.5) is 5.69 Å². The molecule has 0 bridgehead atoms. The van der Waals surface area contributed by atoms with Crippen molar-refractivity contribution in [3.05, 3.63) is 95.6 Å². The van der Waals surface area contributed by atoms with Gasteiger partial charge in [-0.1, -0.05) is 60.7 Å². The average Bonchev–Trinajstić information content (AvgIpc) is 2.64. The largest absolute Gasteiger partial charge is 0.325 e. The van der Waals surface area contributed by atoms with Crippen molar-refractivity contribution in [2.45, 2.75) is 24.0 Å². The monoisotopic (exact) mass is 347 g/mol. The lowest BCUT2D eigenvalue weighted by Gasteiger charge is -2.18. The Morgan fingerprint density at radius 1 is 0.880 bits per heavy atom. The van der Waals surface area contributed by atoms with E-state index in [-0.39, 0.29) is 11.2 Å². The molecule has 0 saturated carbocycles. The van der Waals surface area contributed by atoms with Gasteiger partial charge in [-0.3, -0.25) is 4.79 Å². The minimum atomic E-state index is -0.302. The van der Waals surface area contributed by atoms with Gasteiger partial charge in [-0.25, -0.2) is 0 Å². The van der Waals surface area contributed by atoms with E-state index in [1.165, 1.54) is 0 Å². The Morgan fingerprint density at radius 2 is 1.52 bits per heavy atom. The zero-order chi connectivity index (χ0) is 17.6. The molecule has 0 spiro atoms. The maximum absolute atomic E-state index is 13.0. The second-order valence-electron chi connectivity index (χ2n) is 6.03. The summed E-state index contributed by atoms with van der Waals surface area (Å²) in [6.07, 6.45) is 0. The molecule has 0 unspecified atom stereocenters. The summed E-state index contributed by atoms with van der Waals surface area (Å²) in [6.45, 7) is 4.04. The van der Waals surface area contributed by atoms with Gasteiger partial charge in [0.1, 0.15) is 5.25 Å². The van der Waals surface area contributed by atoms with Gasteiger partial charge in [0.05, 0.1) is 0 Å². The summed E-state index contributed by atoms with van der Waals surface area (Å²) in [5.74, 6) is -0.00578. The zero-order valence-corrected chi connectivity index (χ0v) is 15.2. The number of carbonyl (C=O) groups excluding carboxylic acids is 1. The third-order valence-electron chi connectivity index (χ3n) is 3.99. The highest BCUT2D eigenvalue weighted by molar-refractivity contribution is 8.00. The van der Waals surface area contributed by atoms with Crippen molar-refractivity contribution in [1.29, 1.82) is 0 Å². The molecule has 0 aromatic heterocycles. The van der Waals surface area contributed by atoms with Gasteiger partial charge in [-0.2, -0.15) is 0 Å². The molecule has 3 heteroatoms. The van der Waals surface area contributed by atoms with Crippen molar-refractivity contribution in [2.75, 3.05) is 5.32 Å². The maximum Gasteiger partial charge on any atom is 0.242 e. The highest BCUT2D eigenvalue weighted by Gasteiger charge is 2.22. The van der Waals surface area contributed by atoms with Crippen LogP contribution in [0.25, 0.3) is 0 Å². The second-order valence-corrected chi connectivity index (χ2v) is 7.21. The molecule has 126 valence electrons. The molecule has 1 N–H and O–H groups in total. The first-order chi connectivity index (χ1) is 12.1. The Kier molecular flexibility index (Phi) is 5.56. The van der Waals surface area contributed by atoms with E-state index in [1.54, 1.807) is 11.8 Å².